The Labute approximate surface area is 81.8 Å². The van der Waals surface area contributed by atoms with Crippen molar-refractivity contribution in [3.63, 3.8) is 0 Å². The Bertz CT molecular complexity index is 350. The minimum Gasteiger partial charge on any atom is -0.494 e. The Kier molecular flexibility index (Phi) is 3.45. The zero-order valence-electron chi connectivity index (χ0n) is 8.12. The molecule has 0 unspecified atom stereocenters. The molecule has 1 aromatic carbocycles. The lowest BCUT2D eigenvalue weighted by molar-refractivity contribution is 0.318. The van der Waals surface area contributed by atoms with Gasteiger partial charge in [0.25, 0.3) is 0 Å². The second kappa shape index (κ2) is 4.60. The molecule has 1 N–H and O–H groups in total. The maximum atomic E-state index is 13.2. The van der Waals surface area contributed by atoms with Crippen molar-refractivity contribution in [2.24, 2.45) is 5.16 Å². The summed E-state index contributed by atoms with van der Waals surface area (Å²) in [6, 6.07) is 4.33. The number of hydrogen-bond donors (Lipinski definition) is 1. The van der Waals surface area contributed by atoms with Gasteiger partial charge in [0.1, 0.15) is 11.6 Å². The van der Waals surface area contributed by atoms with Crippen molar-refractivity contribution in [3.05, 3.63) is 29.6 Å². The predicted molar refractivity (Wildman–Crippen MR) is 51.6 cm³/mol. The molecule has 0 aliphatic heterocycles. The molecule has 0 heterocycles. The summed E-state index contributed by atoms with van der Waals surface area (Å²) < 4.78 is 18.4. The smallest absolute Gasteiger partial charge is 0.132 e. The first-order valence-electron chi connectivity index (χ1n) is 4.30. The standard InChI is InChI=1S/C10H12FNO2/c1-3-14-8-4-5-10(11)9(6-8)7(2)12-13/h4-6,13H,3H2,1-2H3. The average Bonchev–Trinajstić information content (AvgIpc) is 2.20. The summed E-state index contributed by atoms with van der Waals surface area (Å²) >= 11 is 0. The minimum absolute atomic E-state index is 0.226. The molecular weight excluding hydrogens is 185 g/mol. The van der Waals surface area contributed by atoms with Gasteiger partial charge in [0, 0.05) is 5.56 Å². The van der Waals surface area contributed by atoms with Gasteiger partial charge in [-0.15, -0.1) is 0 Å². The van der Waals surface area contributed by atoms with Crippen LogP contribution in [0.1, 0.15) is 19.4 Å². The van der Waals surface area contributed by atoms with E-state index in [0.29, 0.717) is 12.4 Å². The van der Waals surface area contributed by atoms with E-state index >= 15 is 0 Å². The second-order valence-corrected chi connectivity index (χ2v) is 2.76. The Morgan fingerprint density at radius 3 is 2.86 bits per heavy atom. The molecule has 0 spiro atoms. The van der Waals surface area contributed by atoms with Crippen molar-refractivity contribution in [2.45, 2.75) is 13.8 Å². The number of nitrogens with zero attached hydrogens (tertiary/aromatic N) is 1. The summed E-state index contributed by atoms with van der Waals surface area (Å²) in [5.74, 6) is 0.135. The van der Waals surface area contributed by atoms with E-state index in [9.17, 15) is 4.39 Å². The molecule has 0 aromatic heterocycles. The quantitative estimate of drug-likeness (QED) is 0.459. The van der Waals surface area contributed by atoms with Crippen LogP contribution >= 0.6 is 0 Å². The SMILES string of the molecule is CCOc1ccc(F)c(C(C)=NO)c1. The lowest BCUT2D eigenvalue weighted by Gasteiger charge is -2.06. The van der Waals surface area contributed by atoms with Crippen LogP contribution in [-0.4, -0.2) is 17.5 Å². The molecule has 0 aliphatic rings. The monoisotopic (exact) mass is 197 g/mol. The summed E-state index contributed by atoms with van der Waals surface area (Å²) in [7, 11) is 0. The molecule has 4 heteroatoms. The number of hydrogen-bond acceptors (Lipinski definition) is 3. The first-order chi connectivity index (χ1) is 6.69. The third-order valence-corrected chi connectivity index (χ3v) is 1.79. The molecule has 14 heavy (non-hydrogen) atoms. The van der Waals surface area contributed by atoms with Gasteiger partial charge in [-0.1, -0.05) is 5.16 Å². The van der Waals surface area contributed by atoms with Crippen molar-refractivity contribution in [1.82, 2.24) is 0 Å². The van der Waals surface area contributed by atoms with Gasteiger partial charge in [0.2, 0.25) is 0 Å². The fourth-order valence-corrected chi connectivity index (χ4v) is 1.09. The first-order valence-corrected chi connectivity index (χ1v) is 4.30. The summed E-state index contributed by atoms with van der Waals surface area (Å²) in [4.78, 5) is 0. The summed E-state index contributed by atoms with van der Waals surface area (Å²) in [5, 5.41) is 11.5. The molecule has 0 atom stereocenters. The van der Waals surface area contributed by atoms with Crippen molar-refractivity contribution < 1.29 is 14.3 Å². The van der Waals surface area contributed by atoms with Gasteiger partial charge in [-0.3, -0.25) is 0 Å². The van der Waals surface area contributed by atoms with E-state index < -0.39 is 5.82 Å². The molecule has 0 fully saturated rings. The van der Waals surface area contributed by atoms with Crippen molar-refractivity contribution in [2.75, 3.05) is 6.61 Å². The maximum Gasteiger partial charge on any atom is 0.132 e. The van der Waals surface area contributed by atoms with Gasteiger partial charge in [-0.05, 0) is 32.0 Å². The Balaban J connectivity index is 3.08. The van der Waals surface area contributed by atoms with E-state index in [1.54, 1.807) is 0 Å². The van der Waals surface area contributed by atoms with Gasteiger partial charge in [0.05, 0.1) is 12.3 Å². The van der Waals surface area contributed by atoms with Crippen LogP contribution in [0.15, 0.2) is 23.4 Å². The van der Waals surface area contributed by atoms with E-state index in [0.717, 1.165) is 0 Å². The molecule has 0 bridgehead atoms. The third kappa shape index (κ3) is 2.22. The van der Waals surface area contributed by atoms with Crippen LogP contribution in [0.4, 0.5) is 4.39 Å². The second-order valence-electron chi connectivity index (χ2n) is 2.76. The van der Waals surface area contributed by atoms with E-state index in [1.807, 2.05) is 6.92 Å². The zero-order chi connectivity index (χ0) is 10.6. The van der Waals surface area contributed by atoms with Gasteiger partial charge >= 0.3 is 0 Å². The first kappa shape index (κ1) is 10.5. The van der Waals surface area contributed by atoms with Gasteiger partial charge in [0.15, 0.2) is 0 Å². The number of halogens is 1. The normalized spacial score (nSPS) is 11.5. The van der Waals surface area contributed by atoms with E-state index in [1.165, 1.54) is 25.1 Å². The van der Waals surface area contributed by atoms with Crippen molar-refractivity contribution in [3.8, 4) is 5.75 Å². The Morgan fingerprint density at radius 2 is 2.29 bits per heavy atom. The number of ether oxygens (including phenoxy) is 1. The molecular formula is C10H12FNO2. The highest BCUT2D eigenvalue weighted by Crippen LogP contribution is 2.17. The fourth-order valence-electron chi connectivity index (χ4n) is 1.09. The molecule has 0 saturated carbocycles. The van der Waals surface area contributed by atoms with E-state index in [2.05, 4.69) is 5.16 Å². The molecule has 0 amide bonds. The topological polar surface area (TPSA) is 41.8 Å². The zero-order valence-corrected chi connectivity index (χ0v) is 8.12. The summed E-state index contributed by atoms with van der Waals surface area (Å²) in [5.41, 5.74) is 0.475. The predicted octanol–water partition coefficient (Wildman–Crippen LogP) is 2.42. The van der Waals surface area contributed by atoms with Gasteiger partial charge in [-0.2, -0.15) is 0 Å². The maximum absolute atomic E-state index is 13.2. The molecule has 0 radical (unpaired) electrons. The van der Waals surface area contributed by atoms with Crippen LogP contribution in [-0.2, 0) is 0 Å². The van der Waals surface area contributed by atoms with Crippen LogP contribution < -0.4 is 4.74 Å². The highest BCUT2D eigenvalue weighted by atomic mass is 19.1. The Hall–Kier alpha value is -1.58. The van der Waals surface area contributed by atoms with E-state index in [4.69, 9.17) is 9.94 Å². The third-order valence-electron chi connectivity index (χ3n) is 1.79. The number of oxime groups is 1. The lowest BCUT2D eigenvalue weighted by Crippen LogP contribution is -2.00. The van der Waals surface area contributed by atoms with Crippen LogP contribution in [0.3, 0.4) is 0 Å². The van der Waals surface area contributed by atoms with Crippen LogP contribution in [0.5, 0.6) is 5.75 Å². The van der Waals surface area contributed by atoms with E-state index in [-0.39, 0.29) is 11.3 Å². The summed E-state index contributed by atoms with van der Waals surface area (Å²) in [6.45, 7) is 3.88. The van der Waals surface area contributed by atoms with Gasteiger partial charge in [-0.25, -0.2) is 4.39 Å². The number of rotatable bonds is 3. The molecule has 0 saturated heterocycles. The minimum atomic E-state index is -0.427. The van der Waals surface area contributed by atoms with Gasteiger partial charge < -0.3 is 9.94 Å². The van der Waals surface area contributed by atoms with Crippen LogP contribution in [0.2, 0.25) is 0 Å². The lowest BCUT2D eigenvalue weighted by atomic mass is 10.1. The highest BCUT2D eigenvalue weighted by molar-refractivity contribution is 5.98. The van der Waals surface area contributed by atoms with Crippen LogP contribution in [0, 0.1) is 5.82 Å². The molecule has 76 valence electrons. The molecule has 3 nitrogen and oxygen atoms in total. The number of benzene rings is 1. The highest BCUT2D eigenvalue weighted by Gasteiger charge is 2.07. The Morgan fingerprint density at radius 1 is 1.57 bits per heavy atom. The fraction of sp³-hybridized carbons (Fsp3) is 0.300. The molecule has 0 aliphatic carbocycles. The van der Waals surface area contributed by atoms with Crippen LogP contribution in [0.25, 0.3) is 0 Å². The molecule has 1 aromatic rings. The van der Waals surface area contributed by atoms with Crippen molar-refractivity contribution in [1.29, 1.82) is 0 Å². The van der Waals surface area contributed by atoms with Crippen molar-refractivity contribution >= 4 is 5.71 Å². The average molecular weight is 197 g/mol. The summed E-state index contributed by atoms with van der Waals surface area (Å²) in [6.07, 6.45) is 0. The molecule has 1 rings (SSSR count). The largest absolute Gasteiger partial charge is 0.494 e.